The number of hydrogen-bond donors (Lipinski definition) is 3. The molecule has 0 radical (unpaired) electrons. The van der Waals surface area contributed by atoms with Gasteiger partial charge in [-0.3, -0.25) is 9.59 Å². The highest BCUT2D eigenvalue weighted by Gasteiger charge is 2.62. The number of carboxylic acids is 1. The standard InChI is InChI=1S/C33H57NO7/c1-5-29(36)34-14-15-39-16-17-40-18-19-41-24-10-12-32(3)23(20-24)21-28(35)31-26-8-7-25(22(2)6-9-30(37)38)33(26,4)13-11-27(31)32/h22-28,31,35H,5-21H2,1-4H3,(H,34,36)(H,37,38)/t22-,23+,24-,25-,26+,27+,28-,31+,32+,33-/m1/s1. The quantitative estimate of drug-likeness (QED) is 0.232. The van der Waals surface area contributed by atoms with Gasteiger partial charge in [0.15, 0.2) is 0 Å². The fraction of sp³-hybridized carbons (Fsp3) is 0.939. The first-order chi connectivity index (χ1) is 19.6. The van der Waals surface area contributed by atoms with Gasteiger partial charge < -0.3 is 29.7 Å². The maximum absolute atomic E-state index is 11.6. The van der Waals surface area contributed by atoms with Gasteiger partial charge in [-0.2, -0.15) is 0 Å². The molecule has 3 N–H and O–H groups in total. The molecule has 0 aromatic carbocycles. The second-order valence-corrected chi connectivity index (χ2v) is 14.1. The Kier molecular flexibility index (Phi) is 11.6. The lowest BCUT2D eigenvalue weighted by molar-refractivity contribution is -0.179. The molecule has 4 aliphatic rings. The van der Waals surface area contributed by atoms with Crippen molar-refractivity contribution in [3.63, 3.8) is 0 Å². The molecule has 4 saturated carbocycles. The topological polar surface area (TPSA) is 114 Å². The van der Waals surface area contributed by atoms with Gasteiger partial charge in [0.25, 0.3) is 0 Å². The zero-order valence-corrected chi connectivity index (χ0v) is 26.1. The van der Waals surface area contributed by atoms with Crippen molar-refractivity contribution in [2.45, 2.75) is 111 Å². The number of aliphatic carboxylic acids is 1. The summed E-state index contributed by atoms with van der Waals surface area (Å²) in [7, 11) is 0. The molecule has 0 aromatic heterocycles. The minimum atomic E-state index is -0.689. The molecule has 8 heteroatoms. The maximum Gasteiger partial charge on any atom is 0.303 e. The lowest BCUT2D eigenvalue weighted by Gasteiger charge is -2.62. The number of rotatable bonds is 15. The smallest absolute Gasteiger partial charge is 0.303 e. The minimum Gasteiger partial charge on any atom is -0.481 e. The number of aliphatic hydroxyl groups excluding tert-OH is 1. The van der Waals surface area contributed by atoms with Gasteiger partial charge in [-0.25, -0.2) is 0 Å². The molecule has 0 saturated heterocycles. The second-order valence-electron chi connectivity index (χ2n) is 14.1. The number of aliphatic hydroxyl groups is 1. The summed E-state index contributed by atoms with van der Waals surface area (Å²) in [6.45, 7) is 12.3. The third-order valence-electron chi connectivity index (χ3n) is 12.1. The summed E-state index contributed by atoms with van der Waals surface area (Å²) in [5.74, 6) is 2.34. The van der Waals surface area contributed by atoms with Crippen molar-refractivity contribution < 1.29 is 34.0 Å². The van der Waals surface area contributed by atoms with Gasteiger partial charge >= 0.3 is 5.97 Å². The van der Waals surface area contributed by atoms with Gasteiger partial charge in [0, 0.05) is 19.4 Å². The number of fused-ring (bicyclic) bond motifs is 5. The van der Waals surface area contributed by atoms with E-state index in [-0.39, 0.29) is 35.4 Å². The Morgan fingerprint density at radius 3 is 2.34 bits per heavy atom. The summed E-state index contributed by atoms with van der Waals surface area (Å²) >= 11 is 0. The van der Waals surface area contributed by atoms with Crippen LogP contribution in [0.4, 0.5) is 0 Å². The Morgan fingerprint density at radius 2 is 1.61 bits per heavy atom. The molecule has 0 bridgehead atoms. The first-order valence-corrected chi connectivity index (χ1v) is 16.5. The van der Waals surface area contributed by atoms with Crippen molar-refractivity contribution in [1.29, 1.82) is 0 Å². The van der Waals surface area contributed by atoms with Crippen LogP contribution >= 0.6 is 0 Å². The number of amides is 1. The molecule has 41 heavy (non-hydrogen) atoms. The molecule has 4 rings (SSSR count). The molecule has 10 atom stereocenters. The Bertz CT molecular complexity index is 869. The van der Waals surface area contributed by atoms with Crippen LogP contribution in [0.3, 0.4) is 0 Å². The van der Waals surface area contributed by atoms with Gasteiger partial charge in [0.05, 0.1) is 45.2 Å². The van der Waals surface area contributed by atoms with E-state index in [1.54, 1.807) is 0 Å². The van der Waals surface area contributed by atoms with Gasteiger partial charge in [-0.1, -0.05) is 27.7 Å². The lowest BCUT2D eigenvalue weighted by Crippen LogP contribution is -2.58. The van der Waals surface area contributed by atoms with Crippen LogP contribution in [0.15, 0.2) is 0 Å². The zero-order valence-electron chi connectivity index (χ0n) is 26.1. The number of ether oxygens (including phenoxy) is 3. The molecule has 0 aromatic rings. The molecule has 0 unspecified atom stereocenters. The van der Waals surface area contributed by atoms with E-state index in [0.29, 0.717) is 81.5 Å². The molecular weight excluding hydrogens is 522 g/mol. The van der Waals surface area contributed by atoms with Crippen LogP contribution in [0.25, 0.3) is 0 Å². The third-order valence-corrected chi connectivity index (χ3v) is 12.1. The van der Waals surface area contributed by atoms with Crippen molar-refractivity contribution in [3.8, 4) is 0 Å². The van der Waals surface area contributed by atoms with Gasteiger partial charge in [-0.05, 0) is 104 Å². The molecule has 4 fully saturated rings. The third kappa shape index (κ3) is 7.47. The molecule has 4 aliphatic carbocycles. The average molecular weight is 580 g/mol. The van der Waals surface area contributed by atoms with Crippen LogP contribution in [-0.2, 0) is 23.8 Å². The van der Waals surface area contributed by atoms with Gasteiger partial charge in [0.1, 0.15) is 0 Å². The van der Waals surface area contributed by atoms with Crippen LogP contribution in [-0.4, -0.2) is 73.9 Å². The van der Waals surface area contributed by atoms with E-state index in [4.69, 9.17) is 14.2 Å². The number of hydrogen-bond acceptors (Lipinski definition) is 6. The first kappa shape index (κ1) is 32.7. The van der Waals surface area contributed by atoms with E-state index in [1.165, 1.54) is 32.1 Å². The van der Waals surface area contributed by atoms with E-state index in [9.17, 15) is 19.8 Å². The second kappa shape index (κ2) is 14.5. The molecule has 0 spiro atoms. The molecule has 0 aliphatic heterocycles. The van der Waals surface area contributed by atoms with Crippen molar-refractivity contribution in [3.05, 3.63) is 0 Å². The largest absolute Gasteiger partial charge is 0.481 e. The fourth-order valence-electron chi connectivity index (χ4n) is 9.85. The molecule has 236 valence electrons. The van der Waals surface area contributed by atoms with Crippen LogP contribution in [0.1, 0.15) is 98.3 Å². The van der Waals surface area contributed by atoms with Gasteiger partial charge in [-0.15, -0.1) is 0 Å². The summed E-state index contributed by atoms with van der Waals surface area (Å²) in [6.07, 6.45) is 10.4. The van der Waals surface area contributed by atoms with Crippen molar-refractivity contribution >= 4 is 11.9 Å². The van der Waals surface area contributed by atoms with E-state index >= 15 is 0 Å². The Morgan fingerprint density at radius 1 is 0.927 bits per heavy atom. The summed E-state index contributed by atoms with van der Waals surface area (Å²) in [6, 6.07) is 0. The molecular formula is C33H57NO7. The fourth-order valence-corrected chi connectivity index (χ4v) is 9.85. The highest BCUT2D eigenvalue weighted by atomic mass is 16.5. The maximum atomic E-state index is 11.6. The average Bonchev–Trinajstić information content (AvgIpc) is 3.30. The van der Waals surface area contributed by atoms with Crippen molar-refractivity contribution in [2.75, 3.05) is 39.6 Å². The Hall–Kier alpha value is -1.22. The normalized spacial score (nSPS) is 38.9. The van der Waals surface area contributed by atoms with Crippen molar-refractivity contribution in [2.24, 2.45) is 46.3 Å². The molecule has 1 amide bonds. The van der Waals surface area contributed by atoms with Crippen LogP contribution in [0.2, 0.25) is 0 Å². The minimum absolute atomic E-state index is 0.0395. The summed E-state index contributed by atoms with van der Waals surface area (Å²) in [4.78, 5) is 22.4. The van der Waals surface area contributed by atoms with Gasteiger partial charge in [0.2, 0.25) is 5.91 Å². The number of carbonyl (C=O) groups is 2. The monoisotopic (exact) mass is 579 g/mol. The summed E-state index contributed by atoms with van der Waals surface area (Å²) in [5.41, 5.74) is 0.488. The number of carbonyl (C=O) groups excluding carboxylic acids is 1. The van der Waals surface area contributed by atoms with E-state index in [1.807, 2.05) is 6.92 Å². The van der Waals surface area contributed by atoms with Crippen LogP contribution < -0.4 is 5.32 Å². The lowest BCUT2D eigenvalue weighted by atomic mass is 9.43. The van der Waals surface area contributed by atoms with Crippen molar-refractivity contribution in [1.82, 2.24) is 5.32 Å². The highest BCUT2D eigenvalue weighted by Crippen LogP contribution is 2.68. The molecule has 0 heterocycles. The van der Waals surface area contributed by atoms with Crippen LogP contribution in [0.5, 0.6) is 0 Å². The van der Waals surface area contributed by atoms with E-state index in [2.05, 4.69) is 26.1 Å². The Labute approximate surface area is 247 Å². The predicted molar refractivity (Wildman–Crippen MR) is 157 cm³/mol. The highest BCUT2D eigenvalue weighted by molar-refractivity contribution is 5.75. The number of nitrogens with one attached hydrogen (secondary N) is 1. The Balaban J connectivity index is 1.21. The molecule has 8 nitrogen and oxygen atoms in total. The predicted octanol–water partition coefficient (Wildman–Crippen LogP) is 5.06. The zero-order chi connectivity index (χ0) is 29.6. The number of carboxylic acid groups (broad SMARTS) is 1. The SMILES string of the molecule is CCC(=O)NCCOCCOCCO[C@@H]1CC[C@@]2(C)[C@@H](C1)C[C@@H](O)[C@@H]1[C@@H]2CC[C@]2(C)[C@@H]([C@H](C)CCC(=O)O)CC[C@@H]12. The first-order valence-electron chi connectivity index (χ1n) is 16.5. The summed E-state index contributed by atoms with van der Waals surface area (Å²) < 4.78 is 17.4. The van der Waals surface area contributed by atoms with E-state index in [0.717, 1.165) is 25.7 Å². The summed E-state index contributed by atoms with van der Waals surface area (Å²) in [5, 5.41) is 23.6. The van der Waals surface area contributed by atoms with E-state index < -0.39 is 5.97 Å². The van der Waals surface area contributed by atoms with Crippen LogP contribution in [0, 0.1) is 46.3 Å².